The molecule has 0 amide bonds. The van der Waals surface area contributed by atoms with Gasteiger partial charge in [-0.15, -0.1) is 0 Å². The van der Waals surface area contributed by atoms with Gasteiger partial charge in [-0.3, -0.25) is 4.57 Å². The highest BCUT2D eigenvalue weighted by atomic mass is 32.2. The Morgan fingerprint density at radius 2 is 0.910 bits per heavy atom. The average molecular weight is 1520 g/mol. The van der Waals surface area contributed by atoms with Gasteiger partial charge in [-0.25, -0.2) is 39.9 Å². The Hall–Kier alpha value is -11.3. The van der Waals surface area contributed by atoms with Crippen LogP contribution in [0.3, 0.4) is 0 Å². The summed E-state index contributed by atoms with van der Waals surface area (Å²) in [5.74, 6) is -0.211. The zero-order chi connectivity index (χ0) is 78.0. The molecule has 14 rings (SSSR count). The van der Waals surface area contributed by atoms with E-state index in [0.29, 0.717) is 66.5 Å². The summed E-state index contributed by atoms with van der Waals surface area (Å²) in [6, 6.07) is 55.2. The topological polar surface area (TPSA) is 139 Å². The summed E-state index contributed by atoms with van der Waals surface area (Å²) < 4.78 is 140. The van der Waals surface area contributed by atoms with Crippen LogP contribution in [0.4, 0.5) is 17.6 Å². The Bertz CT molecular complexity index is 5730. The third-order valence-corrected chi connectivity index (χ3v) is 23.3. The second-order valence-corrected chi connectivity index (χ2v) is 31.0. The van der Waals surface area contributed by atoms with Crippen molar-refractivity contribution in [1.82, 2.24) is 47.2 Å². The van der Waals surface area contributed by atoms with Crippen molar-refractivity contribution in [2.75, 3.05) is 77.7 Å². The summed E-state index contributed by atoms with van der Waals surface area (Å²) in [5.41, 5.74) is 5.49. The standard InChI is InChI=1S/C89H90F4N10O7S/c1-96(2)74(43-62-52-100(51-59-33-35-67(106-9)36-34-59)85-70(92)37-39-75(83(62)85)109-56-60-27-18-13-19-28-60)87(99(7)8)89(79(97(3)4)44-63-53-102(88-94-41-24-42-95-88)72-46-65(90)48-77(107-10)81(63)72,69-55-101(50-58-25-16-12-17-26-58)86-71(93)38-40-76(84(69)86)110-57-61-29-20-14-21-30-61)80(98(5)6)45-64-54-103(111(104,105)68-31-22-15-23-32-68)73-47-66(91)49-78(108-11)82(64)73/h12-42,46-49,52-55,74,79-80,87H,43-45,50-51,56-57H2,1-11H3. The van der Waals surface area contributed by atoms with Crippen molar-refractivity contribution in [2.24, 2.45) is 0 Å². The number of nitrogens with zero attached hydrogens (tertiary/aromatic N) is 10. The van der Waals surface area contributed by atoms with E-state index in [-0.39, 0.29) is 78.9 Å². The first-order valence-electron chi connectivity index (χ1n) is 36.7. The first-order valence-corrected chi connectivity index (χ1v) is 38.2. The van der Waals surface area contributed by atoms with Crippen molar-refractivity contribution in [2.45, 2.75) is 80.0 Å². The number of ether oxygens (including phenoxy) is 5. The monoisotopic (exact) mass is 1520 g/mol. The molecule has 0 aliphatic heterocycles. The van der Waals surface area contributed by atoms with Gasteiger partial charge in [-0.2, -0.15) is 0 Å². The van der Waals surface area contributed by atoms with Gasteiger partial charge in [-0.05, 0) is 187 Å². The molecule has 0 N–H and O–H groups in total. The first kappa shape index (κ1) is 76.5. The van der Waals surface area contributed by atoms with Crippen molar-refractivity contribution in [1.29, 1.82) is 0 Å². The molecular formula is C89H90F4N10O7S. The van der Waals surface area contributed by atoms with Crippen LogP contribution in [0.25, 0.3) is 49.6 Å². The van der Waals surface area contributed by atoms with Gasteiger partial charge in [0.05, 0.1) is 48.3 Å². The highest BCUT2D eigenvalue weighted by Crippen LogP contribution is 2.53. The summed E-state index contributed by atoms with van der Waals surface area (Å²) in [6.45, 7) is 0.690. The van der Waals surface area contributed by atoms with E-state index in [9.17, 15) is 0 Å². The fourth-order valence-corrected chi connectivity index (χ4v) is 18.2. The van der Waals surface area contributed by atoms with Crippen molar-refractivity contribution in [3.63, 3.8) is 0 Å². The van der Waals surface area contributed by atoms with Crippen molar-refractivity contribution in [3.05, 3.63) is 305 Å². The molecule has 5 aromatic heterocycles. The molecule has 0 saturated heterocycles. The van der Waals surface area contributed by atoms with Crippen LogP contribution >= 0.6 is 0 Å². The lowest BCUT2D eigenvalue weighted by molar-refractivity contribution is -0.0173. The lowest BCUT2D eigenvalue weighted by atomic mass is 9.58. The minimum absolute atomic E-state index is 0.0173. The van der Waals surface area contributed by atoms with E-state index in [1.165, 1.54) is 62.8 Å². The summed E-state index contributed by atoms with van der Waals surface area (Å²) in [6.07, 6.45) is 11.2. The fraction of sp³-hybridized carbons (Fsp3) is 0.258. The van der Waals surface area contributed by atoms with Crippen LogP contribution in [0.5, 0.6) is 28.7 Å². The molecule has 22 heteroatoms. The zero-order valence-corrected chi connectivity index (χ0v) is 64.8. The maximum absolute atomic E-state index is 18.7. The van der Waals surface area contributed by atoms with Crippen LogP contribution in [-0.4, -0.2) is 158 Å². The molecule has 0 fully saturated rings. The highest BCUT2D eigenvalue weighted by molar-refractivity contribution is 7.90. The van der Waals surface area contributed by atoms with Crippen LogP contribution in [0.2, 0.25) is 0 Å². The van der Waals surface area contributed by atoms with Crippen LogP contribution in [0.1, 0.15) is 44.5 Å². The summed E-state index contributed by atoms with van der Waals surface area (Å²) >= 11 is 0. The van der Waals surface area contributed by atoms with Crippen LogP contribution in [-0.2, 0) is 61.0 Å². The molecule has 0 radical (unpaired) electrons. The molecule has 572 valence electrons. The van der Waals surface area contributed by atoms with E-state index < -0.39 is 62.9 Å². The highest BCUT2D eigenvalue weighted by Gasteiger charge is 2.59. The Kier molecular flexibility index (Phi) is 22.3. The molecule has 5 atom stereocenters. The van der Waals surface area contributed by atoms with Gasteiger partial charge in [0.1, 0.15) is 65.2 Å². The lowest BCUT2D eigenvalue weighted by Crippen LogP contribution is -2.72. The quantitative estimate of drug-likeness (QED) is 0.0381. The molecule has 5 unspecified atom stereocenters. The van der Waals surface area contributed by atoms with E-state index in [4.69, 9.17) is 33.7 Å². The molecule has 17 nitrogen and oxygen atoms in total. The van der Waals surface area contributed by atoms with Crippen LogP contribution in [0.15, 0.2) is 242 Å². The number of likely N-dealkylation sites (N-methyl/N-ethyl adjacent to an activating group) is 4. The number of rotatable bonds is 31. The maximum Gasteiger partial charge on any atom is 0.268 e. The van der Waals surface area contributed by atoms with E-state index in [0.717, 1.165) is 31.8 Å². The first-order chi connectivity index (χ1) is 53.6. The number of aromatic nitrogens is 6. The summed E-state index contributed by atoms with van der Waals surface area (Å²) in [7, 11) is 16.2. The van der Waals surface area contributed by atoms with Gasteiger partial charge in [0.25, 0.3) is 10.0 Å². The number of halogens is 4. The average Bonchev–Trinajstić information content (AvgIpc) is 1.63. The summed E-state index contributed by atoms with van der Waals surface area (Å²) in [5, 5.41) is 1.92. The number of benzene rings is 9. The molecule has 5 heterocycles. The minimum atomic E-state index is -4.50. The Morgan fingerprint density at radius 3 is 1.42 bits per heavy atom. The fourth-order valence-electron chi connectivity index (χ4n) is 16.8. The van der Waals surface area contributed by atoms with Crippen molar-refractivity contribution >= 4 is 53.6 Å². The van der Waals surface area contributed by atoms with Gasteiger partial charge in [0.15, 0.2) is 0 Å². The Balaban J connectivity index is 1.14. The predicted molar refractivity (Wildman–Crippen MR) is 429 cm³/mol. The molecular weight excluding hydrogens is 1430 g/mol. The molecule has 0 aliphatic rings. The SMILES string of the molecule is COc1ccc(Cn2cc(CC(C(N(C)C)C(c3cn(Cc4ccccc4)c4c(F)ccc(OCc5ccccc5)c34)(C(Cc3cn(-c4ncccn4)c4cc(F)cc(OC)c34)N(C)C)C(Cc3cn(S(=O)(=O)c4ccccc4)c4cc(F)cc(OC)c34)N(C)C)N(C)C)c3c(OCc4ccccc4)ccc(F)c32)cc1. The third kappa shape index (κ3) is 14.9. The minimum Gasteiger partial charge on any atom is -0.497 e. The number of fused-ring (bicyclic) bond motifs is 4. The molecule has 0 saturated carbocycles. The smallest absolute Gasteiger partial charge is 0.268 e. The predicted octanol–water partition coefficient (Wildman–Crippen LogP) is 16.0. The van der Waals surface area contributed by atoms with Gasteiger partial charge in [-0.1, -0.05) is 121 Å². The molecule has 0 spiro atoms. The molecule has 0 bridgehead atoms. The molecule has 111 heavy (non-hydrogen) atoms. The maximum atomic E-state index is 18.7. The third-order valence-electron chi connectivity index (χ3n) is 21.6. The number of hydrogen-bond acceptors (Lipinski definition) is 13. The van der Waals surface area contributed by atoms with E-state index in [1.54, 1.807) is 66.7 Å². The number of hydrogen-bond donors (Lipinski definition) is 0. The van der Waals surface area contributed by atoms with Crippen LogP contribution < -0.4 is 23.7 Å². The van der Waals surface area contributed by atoms with Gasteiger partial charge < -0.3 is 52.4 Å². The second kappa shape index (κ2) is 32.4. The Labute approximate surface area is 644 Å². The molecule has 9 aromatic carbocycles. The largest absolute Gasteiger partial charge is 0.497 e. The van der Waals surface area contributed by atoms with Crippen LogP contribution in [0, 0.1) is 23.3 Å². The zero-order valence-electron chi connectivity index (χ0n) is 64.0. The second-order valence-electron chi connectivity index (χ2n) is 29.2. The van der Waals surface area contributed by atoms with Crippen molar-refractivity contribution < 1.29 is 49.7 Å². The molecule has 14 aromatic rings. The van der Waals surface area contributed by atoms with E-state index in [1.807, 2.05) is 193 Å². The van der Waals surface area contributed by atoms with Gasteiger partial charge in [0.2, 0.25) is 5.95 Å². The normalized spacial score (nSPS) is 13.8. The lowest BCUT2D eigenvalue weighted by Gasteiger charge is -2.59. The van der Waals surface area contributed by atoms with Gasteiger partial charge >= 0.3 is 0 Å². The Morgan fingerprint density at radius 1 is 0.441 bits per heavy atom. The van der Waals surface area contributed by atoms with E-state index in [2.05, 4.69) is 25.8 Å². The molecule has 0 aliphatic carbocycles. The van der Waals surface area contributed by atoms with E-state index >= 15 is 26.0 Å². The van der Waals surface area contributed by atoms with Gasteiger partial charge in [0, 0.05) is 114 Å². The van der Waals surface area contributed by atoms with Crippen molar-refractivity contribution in [3.8, 4) is 34.7 Å². The number of methoxy groups -OCH3 is 3. The summed E-state index contributed by atoms with van der Waals surface area (Å²) in [4.78, 5) is 18.2.